The maximum absolute atomic E-state index is 13.6. The van der Waals surface area contributed by atoms with Crippen LogP contribution in [0.3, 0.4) is 0 Å². The highest BCUT2D eigenvalue weighted by Gasteiger charge is 2.32. The average Bonchev–Trinajstić information content (AvgIpc) is 3.07. The number of rotatable bonds is 9. The maximum atomic E-state index is 13.6. The SMILES string of the molecule is O=C(/C=C/c1ccc(C(F)(F)F)cc1)NC[C@H]1CCN(Cc2cc(Cl)cc(Cl)c2)C(=O)[C@@H](CCN2CCCCC2)N1. The molecule has 222 valence electrons. The van der Waals surface area contributed by atoms with E-state index < -0.39 is 17.8 Å². The highest BCUT2D eigenvalue weighted by Crippen LogP contribution is 2.29. The maximum Gasteiger partial charge on any atom is 0.416 e. The second-order valence-electron chi connectivity index (χ2n) is 10.6. The number of likely N-dealkylation sites (tertiary alicyclic amines) is 1. The molecule has 0 saturated carbocycles. The minimum atomic E-state index is -4.41. The molecule has 2 aliphatic heterocycles. The van der Waals surface area contributed by atoms with Crippen LogP contribution in [0.15, 0.2) is 48.5 Å². The van der Waals surface area contributed by atoms with Crippen molar-refractivity contribution in [3.63, 3.8) is 0 Å². The Morgan fingerprint density at radius 2 is 1.71 bits per heavy atom. The average molecular weight is 612 g/mol. The summed E-state index contributed by atoms with van der Waals surface area (Å²) in [5, 5.41) is 7.37. The number of hydrogen-bond donors (Lipinski definition) is 2. The molecule has 2 heterocycles. The van der Waals surface area contributed by atoms with Crippen molar-refractivity contribution in [2.24, 2.45) is 0 Å². The van der Waals surface area contributed by atoms with Crippen LogP contribution >= 0.6 is 23.2 Å². The first-order chi connectivity index (χ1) is 19.6. The third-order valence-corrected chi connectivity index (χ3v) is 7.90. The van der Waals surface area contributed by atoms with Crippen LogP contribution in [-0.2, 0) is 22.3 Å². The number of carbonyl (C=O) groups excluding carboxylic acids is 2. The standard InChI is InChI=1S/C30H35Cl2F3N4O2/c31-24-16-22(17-25(32)18-24)20-39-15-10-26(37-27(29(39)41)11-14-38-12-2-1-3-13-38)19-36-28(40)9-6-21-4-7-23(8-5-21)30(33,34)35/h4-9,16-18,26-27,37H,1-3,10-15,19-20H2,(H,36,40)/b9-6+/t26-,27-/m1/s1. The second kappa shape index (κ2) is 14.5. The number of nitrogens with one attached hydrogen (secondary N) is 2. The third-order valence-electron chi connectivity index (χ3n) is 7.46. The zero-order valence-corrected chi connectivity index (χ0v) is 24.2. The summed E-state index contributed by atoms with van der Waals surface area (Å²) < 4.78 is 38.3. The van der Waals surface area contributed by atoms with Gasteiger partial charge < -0.3 is 20.4 Å². The molecule has 0 bridgehead atoms. The van der Waals surface area contributed by atoms with Gasteiger partial charge in [0.05, 0.1) is 11.6 Å². The molecule has 0 aliphatic carbocycles. The van der Waals surface area contributed by atoms with Crippen molar-refractivity contribution < 1.29 is 22.8 Å². The summed E-state index contributed by atoms with van der Waals surface area (Å²) >= 11 is 12.4. The number of halogens is 5. The van der Waals surface area contributed by atoms with Gasteiger partial charge in [0, 0.05) is 48.3 Å². The van der Waals surface area contributed by atoms with Crippen molar-refractivity contribution in [2.75, 3.05) is 32.7 Å². The number of amides is 2. The minimum Gasteiger partial charge on any atom is -0.351 e. The molecule has 4 rings (SSSR count). The summed E-state index contributed by atoms with van der Waals surface area (Å²) in [7, 11) is 0. The van der Waals surface area contributed by atoms with E-state index in [4.69, 9.17) is 23.2 Å². The highest BCUT2D eigenvalue weighted by atomic mass is 35.5. The second-order valence-corrected chi connectivity index (χ2v) is 11.5. The topological polar surface area (TPSA) is 64.7 Å². The first kappa shape index (κ1) is 31.3. The lowest BCUT2D eigenvalue weighted by Crippen LogP contribution is -2.50. The van der Waals surface area contributed by atoms with Gasteiger partial charge in [-0.3, -0.25) is 9.59 Å². The quantitative estimate of drug-likeness (QED) is 0.353. The molecule has 41 heavy (non-hydrogen) atoms. The molecule has 2 saturated heterocycles. The predicted octanol–water partition coefficient (Wildman–Crippen LogP) is 5.78. The van der Waals surface area contributed by atoms with Crippen LogP contribution in [0.1, 0.15) is 48.8 Å². The van der Waals surface area contributed by atoms with Crippen molar-refractivity contribution in [1.82, 2.24) is 20.4 Å². The molecular weight excluding hydrogens is 576 g/mol. The van der Waals surface area contributed by atoms with Crippen LogP contribution < -0.4 is 10.6 Å². The molecular formula is C30H35Cl2F3N4O2. The molecule has 2 aromatic rings. The van der Waals surface area contributed by atoms with E-state index in [-0.39, 0.29) is 17.9 Å². The Kier molecular flexibility index (Phi) is 11.1. The molecule has 2 atom stereocenters. The van der Waals surface area contributed by atoms with Gasteiger partial charge in [-0.15, -0.1) is 0 Å². The number of hydrogen-bond acceptors (Lipinski definition) is 4. The molecule has 2 fully saturated rings. The molecule has 11 heteroatoms. The van der Waals surface area contributed by atoms with Crippen LogP contribution in [0.4, 0.5) is 13.2 Å². The van der Waals surface area contributed by atoms with Gasteiger partial charge in [-0.2, -0.15) is 13.2 Å². The molecule has 0 radical (unpaired) electrons. The molecule has 6 nitrogen and oxygen atoms in total. The fourth-order valence-electron chi connectivity index (χ4n) is 5.26. The van der Waals surface area contributed by atoms with Crippen LogP contribution in [0, 0.1) is 0 Å². The van der Waals surface area contributed by atoms with Crippen molar-refractivity contribution in [1.29, 1.82) is 0 Å². The summed E-state index contributed by atoms with van der Waals surface area (Å²) in [6.45, 7) is 4.08. The lowest BCUT2D eigenvalue weighted by atomic mass is 10.1. The summed E-state index contributed by atoms with van der Waals surface area (Å²) in [4.78, 5) is 30.4. The molecule has 2 aliphatic rings. The summed E-state index contributed by atoms with van der Waals surface area (Å²) in [6.07, 6.45) is 3.22. The van der Waals surface area contributed by atoms with E-state index in [9.17, 15) is 22.8 Å². The Morgan fingerprint density at radius 3 is 2.37 bits per heavy atom. The van der Waals surface area contributed by atoms with Gasteiger partial charge in [-0.1, -0.05) is 41.8 Å². The molecule has 2 aromatic carbocycles. The number of piperidine rings is 1. The Balaban J connectivity index is 1.37. The Bertz CT molecular complexity index is 1200. The molecule has 2 N–H and O–H groups in total. The van der Waals surface area contributed by atoms with Gasteiger partial charge >= 0.3 is 6.18 Å². The fraction of sp³-hybridized carbons (Fsp3) is 0.467. The van der Waals surface area contributed by atoms with Crippen molar-refractivity contribution >= 4 is 41.1 Å². The van der Waals surface area contributed by atoms with Gasteiger partial charge in [-0.25, -0.2) is 0 Å². The first-order valence-electron chi connectivity index (χ1n) is 13.9. The van der Waals surface area contributed by atoms with E-state index in [0.29, 0.717) is 48.1 Å². The molecule has 2 amide bonds. The largest absolute Gasteiger partial charge is 0.416 e. The lowest BCUT2D eigenvalue weighted by Gasteiger charge is -2.30. The molecule has 0 aromatic heterocycles. The Labute approximate surface area is 248 Å². The van der Waals surface area contributed by atoms with E-state index >= 15 is 0 Å². The van der Waals surface area contributed by atoms with Crippen molar-refractivity contribution in [3.05, 3.63) is 75.3 Å². The van der Waals surface area contributed by atoms with Gasteiger partial charge in [0.2, 0.25) is 11.8 Å². The normalized spacial score (nSPS) is 20.8. The van der Waals surface area contributed by atoms with Crippen molar-refractivity contribution in [2.45, 2.75) is 56.9 Å². The number of carbonyl (C=O) groups is 2. The lowest BCUT2D eigenvalue weighted by molar-refractivity contribution is -0.137. The minimum absolute atomic E-state index is 0.00846. The molecule has 0 spiro atoms. The fourth-order valence-corrected chi connectivity index (χ4v) is 5.83. The zero-order chi connectivity index (χ0) is 29.4. The highest BCUT2D eigenvalue weighted by molar-refractivity contribution is 6.34. The van der Waals surface area contributed by atoms with Gasteiger partial charge in [0.15, 0.2) is 0 Å². The number of benzene rings is 2. The van der Waals surface area contributed by atoms with E-state index in [1.54, 1.807) is 6.07 Å². The van der Waals surface area contributed by atoms with Gasteiger partial charge in [0.25, 0.3) is 0 Å². The Morgan fingerprint density at radius 1 is 1.02 bits per heavy atom. The smallest absolute Gasteiger partial charge is 0.351 e. The van der Waals surface area contributed by atoms with Crippen LogP contribution in [0.2, 0.25) is 10.0 Å². The van der Waals surface area contributed by atoms with E-state index in [0.717, 1.165) is 37.3 Å². The van der Waals surface area contributed by atoms with Crippen LogP contribution in [0.5, 0.6) is 0 Å². The number of nitrogens with zero attached hydrogens (tertiary/aromatic N) is 2. The van der Waals surface area contributed by atoms with Gasteiger partial charge in [-0.05, 0) is 86.3 Å². The summed E-state index contributed by atoms with van der Waals surface area (Å²) in [5.74, 6) is -0.355. The van der Waals surface area contributed by atoms with E-state index in [2.05, 4.69) is 15.5 Å². The molecule has 0 unspecified atom stereocenters. The van der Waals surface area contributed by atoms with Crippen LogP contribution in [-0.4, -0.2) is 66.4 Å². The van der Waals surface area contributed by atoms with E-state index in [1.165, 1.54) is 43.5 Å². The van der Waals surface area contributed by atoms with Gasteiger partial charge in [0.1, 0.15) is 0 Å². The van der Waals surface area contributed by atoms with Crippen molar-refractivity contribution in [3.8, 4) is 0 Å². The van der Waals surface area contributed by atoms with E-state index in [1.807, 2.05) is 17.0 Å². The predicted molar refractivity (Wildman–Crippen MR) is 156 cm³/mol. The van der Waals surface area contributed by atoms with Crippen LogP contribution in [0.25, 0.3) is 6.08 Å². The zero-order valence-electron chi connectivity index (χ0n) is 22.7. The summed E-state index contributed by atoms with van der Waals surface area (Å²) in [5.41, 5.74) is 0.599. The third kappa shape index (κ3) is 9.74. The first-order valence-corrected chi connectivity index (χ1v) is 14.7. The summed E-state index contributed by atoms with van der Waals surface area (Å²) in [6, 6.07) is 9.34. The number of alkyl halides is 3. The Hall–Kier alpha value is -2.59. The monoisotopic (exact) mass is 610 g/mol.